The number of amides is 2. The van der Waals surface area contributed by atoms with E-state index >= 15 is 0 Å². The molecule has 0 unspecified atom stereocenters. The quantitative estimate of drug-likeness (QED) is 0.912. The lowest BCUT2D eigenvalue weighted by atomic mass is 10.2. The van der Waals surface area contributed by atoms with Crippen LogP contribution in [-0.4, -0.2) is 29.3 Å². The predicted octanol–water partition coefficient (Wildman–Crippen LogP) is 3.95. The number of carbonyl (C=O) groups excluding carboxylic acids is 2. The summed E-state index contributed by atoms with van der Waals surface area (Å²) < 4.78 is 0. The van der Waals surface area contributed by atoms with Gasteiger partial charge < -0.3 is 10.2 Å². The van der Waals surface area contributed by atoms with E-state index in [4.69, 9.17) is 11.6 Å². The Morgan fingerprint density at radius 2 is 2.17 bits per heavy atom. The summed E-state index contributed by atoms with van der Waals surface area (Å²) in [6.07, 6.45) is 1.52. The number of hydrogen-bond acceptors (Lipinski definition) is 3. The van der Waals surface area contributed by atoms with Gasteiger partial charge in [-0.2, -0.15) is 0 Å². The number of nitrogens with zero attached hydrogens (tertiary/aromatic N) is 1. The normalized spacial score (nSPS) is 17.3. The summed E-state index contributed by atoms with van der Waals surface area (Å²) in [7, 11) is 0. The van der Waals surface area contributed by atoms with Crippen LogP contribution in [0.2, 0.25) is 5.02 Å². The number of carbonyl (C=O) groups is 2. The van der Waals surface area contributed by atoms with Crippen LogP contribution < -0.4 is 5.32 Å². The lowest BCUT2D eigenvalue weighted by molar-refractivity contribution is -0.119. The molecule has 0 bridgehead atoms. The number of thiophene rings is 1. The zero-order valence-electron chi connectivity index (χ0n) is 12.7. The lowest BCUT2D eigenvalue weighted by Crippen LogP contribution is -2.42. The van der Waals surface area contributed by atoms with Gasteiger partial charge in [0.2, 0.25) is 5.91 Å². The van der Waals surface area contributed by atoms with Crippen molar-refractivity contribution in [2.75, 3.05) is 11.9 Å². The first-order chi connectivity index (χ1) is 11.1. The molecule has 1 saturated heterocycles. The molecular weight excluding hydrogens is 332 g/mol. The van der Waals surface area contributed by atoms with Gasteiger partial charge in [-0.1, -0.05) is 23.7 Å². The molecule has 0 spiro atoms. The third-order valence-electron chi connectivity index (χ3n) is 3.99. The summed E-state index contributed by atoms with van der Waals surface area (Å²) in [4.78, 5) is 27.4. The Hall–Kier alpha value is -1.85. The molecule has 120 valence electrons. The van der Waals surface area contributed by atoms with Gasteiger partial charge in [-0.15, -0.1) is 11.3 Å². The van der Waals surface area contributed by atoms with Crippen LogP contribution in [-0.2, 0) is 4.79 Å². The Morgan fingerprint density at radius 1 is 1.35 bits per heavy atom. The topological polar surface area (TPSA) is 49.4 Å². The van der Waals surface area contributed by atoms with Crippen LogP contribution in [0.4, 0.5) is 5.69 Å². The molecule has 3 rings (SSSR count). The van der Waals surface area contributed by atoms with E-state index in [9.17, 15) is 9.59 Å². The fraction of sp³-hybridized carbons (Fsp3) is 0.294. The predicted molar refractivity (Wildman–Crippen MR) is 93.2 cm³/mol. The van der Waals surface area contributed by atoms with E-state index in [-0.39, 0.29) is 11.8 Å². The first-order valence-corrected chi connectivity index (χ1v) is 8.73. The first kappa shape index (κ1) is 16.0. The third kappa shape index (κ3) is 3.41. The minimum atomic E-state index is -0.426. The van der Waals surface area contributed by atoms with Crippen LogP contribution in [0.1, 0.15) is 28.1 Å². The van der Waals surface area contributed by atoms with E-state index in [0.29, 0.717) is 28.6 Å². The van der Waals surface area contributed by atoms with Crippen molar-refractivity contribution in [1.29, 1.82) is 0 Å². The second kappa shape index (κ2) is 6.72. The second-order valence-corrected chi connectivity index (χ2v) is 6.94. The zero-order valence-corrected chi connectivity index (χ0v) is 14.3. The van der Waals surface area contributed by atoms with Crippen molar-refractivity contribution in [3.8, 4) is 0 Å². The van der Waals surface area contributed by atoms with E-state index in [0.717, 1.165) is 12.0 Å². The Balaban J connectivity index is 1.73. The summed E-state index contributed by atoms with van der Waals surface area (Å²) in [6.45, 7) is 2.52. The molecule has 6 heteroatoms. The third-order valence-corrected chi connectivity index (χ3v) is 5.25. The van der Waals surface area contributed by atoms with E-state index in [1.165, 1.54) is 11.3 Å². The zero-order chi connectivity index (χ0) is 16.4. The summed E-state index contributed by atoms with van der Waals surface area (Å²) in [5.74, 6) is -0.230. The first-order valence-electron chi connectivity index (χ1n) is 7.48. The van der Waals surface area contributed by atoms with Crippen LogP contribution in [0.3, 0.4) is 0 Å². The number of likely N-dealkylation sites (tertiary alicyclic amines) is 1. The molecule has 1 atom stereocenters. The van der Waals surface area contributed by atoms with Crippen molar-refractivity contribution >= 4 is 40.4 Å². The Kier molecular flexibility index (Phi) is 4.68. The number of halogens is 1. The van der Waals surface area contributed by atoms with Gasteiger partial charge in [0.05, 0.1) is 4.88 Å². The maximum Gasteiger partial charge on any atom is 0.264 e. The molecular formula is C17H17ClN2O2S. The van der Waals surface area contributed by atoms with E-state index < -0.39 is 6.04 Å². The SMILES string of the molecule is Cc1ccc(NC(=O)[C@@H]2CCCN2C(=O)c2cccs2)cc1Cl. The molecule has 2 amide bonds. The van der Waals surface area contributed by atoms with E-state index in [2.05, 4.69) is 5.32 Å². The summed E-state index contributed by atoms with van der Waals surface area (Å²) >= 11 is 7.49. The molecule has 0 saturated carbocycles. The van der Waals surface area contributed by atoms with Gasteiger partial charge in [-0.3, -0.25) is 9.59 Å². The monoisotopic (exact) mass is 348 g/mol. The molecule has 1 aromatic carbocycles. The van der Waals surface area contributed by atoms with Gasteiger partial charge in [-0.25, -0.2) is 0 Å². The Bertz CT molecular complexity index is 730. The number of benzene rings is 1. The molecule has 4 nitrogen and oxygen atoms in total. The summed E-state index contributed by atoms with van der Waals surface area (Å²) in [5.41, 5.74) is 1.61. The molecule has 1 N–H and O–H groups in total. The Labute approximate surface area is 144 Å². The van der Waals surface area contributed by atoms with Crippen molar-refractivity contribution in [2.24, 2.45) is 0 Å². The minimum absolute atomic E-state index is 0.0698. The average Bonchev–Trinajstić information content (AvgIpc) is 3.21. The standard InChI is InChI=1S/C17H17ClN2O2S/c1-11-6-7-12(10-13(11)18)19-16(21)14-4-2-8-20(14)17(22)15-5-3-9-23-15/h3,5-7,9-10,14H,2,4,8H2,1H3,(H,19,21)/t14-/m0/s1. The maximum absolute atomic E-state index is 12.6. The van der Waals surface area contributed by atoms with Crippen molar-refractivity contribution in [3.05, 3.63) is 51.2 Å². The van der Waals surface area contributed by atoms with Crippen molar-refractivity contribution in [3.63, 3.8) is 0 Å². The highest BCUT2D eigenvalue weighted by Gasteiger charge is 2.34. The van der Waals surface area contributed by atoms with E-state index in [1.54, 1.807) is 17.0 Å². The summed E-state index contributed by atoms with van der Waals surface area (Å²) in [6, 6.07) is 8.62. The number of aryl methyl sites for hydroxylation is 1. The highest BCUT2D eigenvalue weighted by atomic mass is 35.5. The molecule has 2 aromatic rings. The smallest absolute Gasteiger partial charge is 0.264 e. The molecule has 1 fully saturated rings. The van der Waals surface area contributed by atoms with Crippen LogP contribution in [0.15, 0.2) is 35.7 Å². The average molecular weight is 349 g/mol. The largest absolute Gasteiger partial charge is 0.326 e. The molecule has 1 aliphatic rings. The number of rotatable bonds is 3. The van der Waals surface area contributed by atoms with Gasteiger partial charge in [-0.05, 0) is 48.9 Å². The minimum Gasteiger partial charge on any atom is -0.326 e. The highest BCUT2D eigenvalue weighted by Crippen LogP contribution is 2.25. The van der Waals surface area contributed by atoms with Gasteiger partial charge in [0.25, 0.3) is 5.91 Å². The molecule has 2 heterocycles. The lowest BCUT2D eigenvalue weighted by Gasteiger charge is -2.23. The van der Waals surface area contributed by atoms with Crippen LogP contribution in [0, 0.1) is 6.92 Å². The van der Waals surface area contributed by atoms with Crippen molar-refractivity contribution < 1.29 is 9.59 Å². The highest BCUT2D eigenvalue weighted by molar-refractivity contribution is 7.12. The van der Waals surface area contributed by atoms with Crippen molar-refractivity contribution in [1.82, 2.24) is 4.90 Å². The molecule has 1 aromatic heterocycles. The molecule has 0 aliphatic carbocycles. The van der Waals surface area contributed by atoms with E-state index in [1.807, 2.05) is 30.5 Å². The number of anilines is 1. The van der Waals surface area contributed by atoms with Gasteiger partial charge in [0.1, 0.15) is 6.04 Å². The molecule has 1 aliphatic heterocycles. The van der Waals surface area contributed by atoms with Crippen molar-refractivity contribution in [2.45, 2.75) is 25.8 Å². The van der Waals surface area contributed by atoms with Crippen LogP contribution in [0.25, 0.3) is 0 Å². The molecule has 0 radical (unpaired) electrons. The fourth-order valence-corrected chi connectivity index (χ4v) is 3.58. The number of nitrogens with one attached hydrogen (secondary N) is 1. The van der Waals surface area contributed by atoms with Gasteiger partial charge in [0.15, 0.2) is 0 Å². The Morgan fingerprint density at radius 3 is 2.87 bits per heavy atom. The van der Waals surface area contributed by atoms with Gasteiger partial charge in [0, 0.05) is 17.3 Å². The van der Waals surface area contributed by atoms with Crippen LogP contribution in [0.5, 0.6) is 0 Å². The summed E-state index contributed by atoms with van der Waals surface area (Å²) in [5, 5.41) is 5.35. The maximum atomic E-state index is 12.6. The molecule has 23 heavy (non-hydrogen) atoms. The van der Waals surface area contributed by atoms with Crippen LogP contribution >= 0.6 is 22.9 Å². The fourth-order valence-electron chi connectivity index (χ4n) is 2.72. The van der Waals surface area contributed by atoms with Gasteiger partial charge >= 0.3 is 0 Å². The second-order valence-electron chi connectivity index (χ2n) is 5.59. The number of hydrogen-bond donors (Lipinski definition) is 1.